The summed E-state index contributed by atoms with van der Waals surface area (Å²) in [5.41, 5.74) is 28.1. The molecule has 4 heteroatoms. The summed E-state index contributed by atoms with van der Waals surface area (Å²) in [5, 5.41) is 16.7. The standard InChI is InChI=1S/2C56H36N2/c1-3-15-40(16-4-1)53-33-47(34-54(57-53)41-17-5-2-6-18-41)39-23-27-42(28-24-39)55-36-51(46-30-26-38-14-8-10-20-44(38)32-46)52-35-50(48-21-11-12-22-49(48)56(52)58-55)45-29-25-37-13-7-9-19-43(37)31-45;1-3-13-37(14-4-1)47-33-53(40-17-5-2-6-18-40)57-54(34-47)41-25-27-42(28-26-41)55-36-51(46-30-24-39-16-8-10-20-44(39)32-46)52-35-50(48-21-11-12-22-49(48)56(52)58-55)45-29-23-38-15-7-9-19-43(38)31-45/h2*1-36H. The van der Waals surface area contributed by atoms with Crippen LogP contribution < -0.4 is 0 Å². The Balaban J connectivity index is 0.000000145. The lowest BCUT2D eigenvalue weighted by molar-refractivity contribution is 1.32. The van der Waals surface area contributed by atoms with Crippen molar-refractivity contribution in [3.63, 3.8) is 0 Å². The molecule has 0 radical (unpaired) electrons. The molecule has 540 valence electrons. The summed E-state index contributed by atoms with van der Waals surface area (Å²) in [6.45, 7) is 0. The van der Waals surface area contributed by atoms with Gasteiger partial charge < -0.3 is 0 Å². The van der Waals surface area contributed by atoms with Gasteiger partial charge in [-0.1, -0.05) is 364 Å². The lowest BCUT2D eigenvalue weighted by Crippen LogP contribution is -1.94. The van der Waals surface area contributed by atoms with Crippen molar-refractivity contribution in [2.45, 2.75) is 0 Å². The van der Waals surface area contributed by atoms with E-state index in [9.17, 15) is 0 Å². The molecule has 4 nitrogen and oxygen atoms in total. The van der Waals surface area contributed by atoms with Crippen molar-refractivity contribution in [2.24, 2.45) is 0 Å². The van der Waals surface area contributed by atoms with Crippen molar-refractivity contribution in [1.82, 2.24) is 19.9 Å². The highest BCUT2D eigenvalue weighted by atomic mass is 14.7. The number of aromatic nitrogens is 4. The van der Waals surface area contributed by atoms with E-state index in [1.165, 1.54) is 87.2 Å². The minimum Gasteiger partial charge on any atom is -0.248 e. The van der Waals surface area contributed by atoms with Crippen molar-refractivity contribution in [3.05, 3.63) is 437 Å². The number of benzene rings is 18. The van der Waals surface area contributed by atoms with Crippen LogP contribution in [0.1, 0.15) is 0 Å². The Morgan fingerprint density at radius 3 is 0.638 bits per heavy atom. The second-order valence-corrected chi connectivity index (χ2v) is 30.0. The molecule has 0 aliphatic rings. The van der Waals surface area contributed by atoms with Crippen LogP contribution in [0.5, 0.6) is 0 Å². The van der Waals surface area contributed by atoms with Crippen LogP contribution in [0.3, 0.4) is 0 Å². The maximum absolute atomic E-state index is 5.51. The fraction of sp³-hybridized carbons (Fsp3) is 0. The number of pyridine rings is 4. The molecule has 0 unspecified atom stereocenters. The van der Waals surface area contributed by atoms with Crippen LogP contribution in [0.4, 0.5) is 0 Å². The Hall–Kier alpha value is -15.4. The molecule has 4 aromatic heterocycles. The summed E-state index contributed by atoms with van der Waals surface area (Å²) in [6, 6.07) is 157. The van der Waals surface area contributed by atoms with E-state index in [1.54, 1.807) is 0 Å². The molecule has 0 atom stereocenters. The van der Waals surface area contributed by atoms with Gasteiger partial charge in [-0.15, -0.1) is 0 Å². The lowest BCUT2D eigenvalue weighted by Gasteiger charge is -2.16. The first-order valence-electron chi connectivity index (χ1n) is 39.6. The average molecular weight is 1470 g/mol. The topological polar surface area (TPSA) is 51.6 Å². The molecule has 0 spiro atoms. The number of hydrogen-bond donors (Lipinski definition) is 0. The van der Waals surface area contributed by atoms with Crippen LogP contribution in [0.25, 0.3) is 221 Å². The van der Waals surface area contributed by atoms with Crippen LogP contribution in [0, 0.1) is 0 Å². The van der Waals surface area contributed by atoms with Crippen molar-refractivity contribution in [3.8, 4) is 134 Å². The molecule has 0 aliphatic carbocycles. The number of rotatable bonds is 12. The zero-order valence-electron chi connectivity index (χ0n) is 63.4. The summed E-state index contributed by atoms with van der Waals surface area (Å²) in [5.74, 6) is 0. The highest BCUT2D eigenvalue weighted by Gasteiger charge is 2.21. The van der Waals surface area contributed by atoms with Gasteiger partial charge in [0.25, 0.3) is 0 Å². The molecule has 22 aromatic rings. The van der Waals surface area contributed by atoms with E-state index >= 15 is 0 Å². The van der Waals surface area contributed by atoms with Crippen LogP contribution in [-0.4, -0.2) is 19.9 Å². The zero-order chi connectivity index (χ0) is 76.8. The first-order valence-corrected chi connectivity index (χ1v) is 39.6. The molecule has 18 aromatic carbocycles. The highest BCUT2D eigenvalue weighted by Crippen LogP contribution is 2.45. The normalized spacial score (nSPS) is 11.4. The fourth-order valence-electron chi connectivity index (χ4n) is 16.9. The summed E-state index contributed by atoms with van der Waals surface area (Å²) in [6.07, 6.45) is 0. The smallest absolute Gasteiger partial charge is 0.0794 e. The predicted molar refractivity (Wildman–Crippen MR) is 489 cm³/mol. The maximum Gasteiger partial charge on any atom is 0.0794 e. The van der Waals surface area contributed by atoms with Crippen molar-refractivity contribution >= 4 is 86.4 Å². The van der Waals surface area contributed by atoms with Gasteiger partial charge in [-0.05, 0) is 193 Å². The van der Waals surface area contributed by atoms with Gasteiger partial charge >= 0.3 is 0 Å². The first kappa shape index (κ1) is 68.7. The van der Waals surface area contributed by atoms with E-state index in [4.69, 9.17) is 19.9 Å². The van der Waals surface area contributed by atoms with E-state index in [0.717, 1.165) is 134 Å². The van der Waals surface area contributed by atoms with E-state index < -0.39 is 0 Å². The Labute approximate surface area is 673 Å². The Bertz CT molecular complexity index is 6960. The lowest BCUT2D eigenvalue weighted by atomic mass is 9.90. The molecule has 0 N–H and O–H groups in total. The third-order valence-corrected chi connectivity index (χ3v) is 22.8. The van der Waals surface area contributed by atoms with Gasteiger partial charge in [0.1, 0.15) is 0 Å². The van der Waals surface area contributed by atoms with Crippen LogP contribution in [0.15, 0.2) is 437 Å². The SMILES string of the molecule is c1ccc(-c2cc(-c3ccc(-c4cc(-c5ccc6ccccc6c5)c5cc(-c6ccc7ccccc7c6)c6ccccc6c5n4)cc3)cc(-c3ccccc3)n2)cc1.c1ccc(-c2cc(-c3ccccc3)nc(-c3ccc(-c4cc(-c5ccc6ccccc6c5)c5cc(-c6ccc7ccccc7c6)c6ccccc6c5n4)cc3)c2)cc1. The van der Waals surface area contributed by atoms with E-state index in [-0.39, 0.29) is 0 Å². The van der Waals surface area contributed by atoms with E-state index in [1.807, 2.05) is 18.2 Å². The maximum atomic E-state index is 5.51. The Kier molecular flexibility index (Phi) is 17.6. The molecule has 4 heterocycles. The van der Waals surface area contributed by atoms with Crippen molar-refractivity contribution in [1.29, 1.82) is 0 Å². The molecular weight excluding hydrogens is 1400 g/mol. The molecular formula is C112H72N4. The van der Waals surface area contributed by atoms with Crippen LogP contribution >= 0.6 is 0 Å². The number of hydrogen-bond acceptors (Lipinski definition) is 4. The van der Waals surface area contributed by atoms with Crippen LogP contribution in [0.2, 0.25) is 0 Å². The molecule has 0 saturated carbocycles. The minimum absolute atomic E-state index is 0.932. The Morgan fingerprint density at radius 1 is 0.112 bits per heavy atom. The van der Waals surface area contributed by atoms with Gasteiger partial charge in [0.15, 0.2) is 0 Å². The average Bonchev–Trinajstić information content (AvgIpc) is 0.740. The van der Waals surface area contributed by atoms with Crippen LogP contribution in [-0.2, 0) is 0 Å². The summed E-state index contributed by atoms with van der Waals surface area (Å²) in [4.78, 5) is 21.3. The monoisotopic (exact) mass is 1470 g/mol. The molecule has 0 fully saturated rings. The van der Waals surface area contributed by atoms with Gasteiger partial charge in [0.2, 0.25) is 0 Å². The van der Waals surface area contributed by atoms with Gasteiger partial charge in [-0.3, -0.25) is 0 Å². The van der Waals surface area contributed by atoms with E-state index in [0.29, 0.717) is 0 Å². The zero-order valence-corrected chi connectivity index (χ0v) is 63.4. The summed E-state index contributed by atoms with van der Waals surface area (Å²) in [7, 11) is 0. The molecule has 0 saturated heterocycles. The third-order valence-electron chi connectivity index (χ3n) is 22.8. The first-order chi connectivity index (χ1) is 57.4. The highest BCUT2D eigenvalue weighted by molar-refractivity contribution is 6.19. The van der Waals surface area contributed by atoms with Gasteiger partial charge in [0.05, 0.1) is 45.2 Å². The molecule has 0 aliphatic heterocycles. The van der Waals surface area contributed by atoms with E-state index in [2.05, 4.69) is 419 Å². The van der Waals surface area contributed by atoms with Gasteiger partial charge in [-0.2, -0.15) is 0 Å². The molecule has 0 bridgehead atoms. The number of nitrogens with zero attached hydrogens (tertiary/aromatic N) is 4. The van der Waals surface area contributed by atoms with Crippen molar-refractivity contribution in [2.75, 3.05) is 0 Å². The second-order valence-electron chi connectivity index (χ2n) is 30.0. The quantitative estimate of drug-likeness (QED) is 0.114. The molecule has 22 rings (SSSR count). The molecule has 0 amide bonds. The molecule has 116 heavy (non-hydrogen) atoms. The predicted octanol–water partition coefficient (Wildman–Crippen LogP) is 30.2. The van der Waals surface area contributed by atoms with Gasteiger partial charge in [-0.25, -0.2) is 19.9 Å². The summed E-state index contributed by atoms with van der Waals surface area (Å²) >= 11 is 0. The largest absolute Gasteiger partial charge is 0.248 e. The summed E-state index contributed by atoms with van der Waals surface area (Å²) < 4.78 is 0. The number of fused-ring (bicyclic) bond motifs is 10. The third kappa shape index (κ3) is 13.2. The fourth-order valence-corrected chi connectivity index (χ4v) is 16.9. The van der Waals surface area contributed by atoms with Gasteiger partial charge in [0, 0.05) is 54.9 Å². The van der Waals surface area contributed by atoms with Crippen molar-refractivity contribution < 1.29 is 0 Å². The second kappa shape index (κ2) is 29.7. The Morgan fingerprint density at radius 2 is 0.328 bits per heavy atom. The minimum atomic E-state index is 0.932.